The Balaban J connectivity index is 1.90. The zero-order chi connectivity index (χ0) is 18.0. The SMILES string of the molecule is CN(Cc1ccc(F)cc1)C(=O)c1nc(-c2ccco2)[nH]c(=O)c1O. The van der Waals surface area contributed by atoms with Crippen LogP contribution in [0.15, 0.2) is 51.9 Å². The van der Waals surface area contributed by atoms with Crippen LogP contribution in [0.25, 0.3) is 11.6 Å². The van der Waals surface area contributed by atoms with Gasteiger partial charge in [0.1, 0.15) is 5.82 Å². The molecule has 0 aliphatic carbocycles. The van der Waals surface area contributed by atoms with Gasteiger partial charge in [0.2, 0.25) is 5.75 Å². The summed E-state index contributed by atoms with van der Waals surface area (Å²) in [5.74, 6) is -1.51. The molecule has 3 rings (SSSR count). The largest absolute Gasteiger partial charge is 0.501 e. The molecule has 1 aromatic carbocycles. The first-order valence-corrected chi connectivity index (χ1v) is 7.33. The fraction of sp³-hybridized carbons (Fsp3) is 0.118. The van der Waals surface area contributed by atoms with Crippen molar-refractivity contribution in [3.05, 3.63) is 70.1 Å². The molecular formula is C17H14FN3O4. The molecule has 7 nitrogen and oxygen atoms in total. The van der Waals surface area contributed by atoms with Crippen molar-refractivity contribution in [3.8, 4) is 17.3 Å². The number of rotatable bonds is 4. The predicted octanol–water partition coefficient (Wildman–Crippen LogP) is 2.15. The fourth-order valence-electron chi connectivity index (χ4n) is 2.26. The average molecular weight is 343 g/mol. The molecule has 0 fully saturated rings. The number of aromatic nitrogens is 2. The summed E-state index contributed by atoms with van der Waals surface area (Å²) in [5.41, 5.74) is -0.549. The van der Waals surface area contributed by atoms with Crippen LogP contribution in [0.4, 0.5) is 4.39 Å². The molecule has 0 radical (unpaired) electrons. The van der Waals surface area contributed by atoms with E-state index >= 15 is 0 Å². The van der Waals surface area contributed by atoms with Crippen LogP contribution in [-0.4, -0.2) is 32.9 Å². The minimum atomic E-state index is -0.847. The lowest BCUT2D eigenvalue weighted by atomic mass is 10.2. The zero-order valence-electron chi connectivity index (χ0n) is 13.2. The summed E-state index contributed by atoms with van der Waals surface area (Å²) in [7, 11) is 1.49. The van der Waals surface area contributed by atoms with Gasteiger partial charge in [0.25, 0.3) is 11.5 Å². The number of nitrogens with one attached hydrogen (secondary N) is 1. The Kier molecular flexibility index (Phi) is 4.34. The lowest BCUT2D eigenvalue weighted by Crippen LogP contribution is -2.29. The van der Waals surface area contributed by atoms with Crippen molar-refractivity contribution in [2.24, 2.45) is 0 Å². The first-order chi connectivity index (χ1) is 12.0. The van der Waals surface area contributed by atoms with E-state index in [1.54, 1.807) is 24.3 Å². The highest BCUT2D eigenvalue weighted by atomic mass is 19.1. The second-order valence-electron chi connectivity index (χ2n) is 5.38. The van der Waals surface area contributed by atoms with Crippen molar-refractivity contribution in [2.45, 2.75) is 6.54 Å². The molecule has 0 aliphatic rings. The van der Waals surface area contributed by atoms with E-state index in [1.807, 2.05) is 0 Å². The van der Waals surface area contributed by atoms with E-state index in [-0.39, 0.29) is 29.6 Å². The van der Waals surface area contributed by atoms with Crippen LogP contribution in [0.2, 0.25) is 0 Å². The Hall–Kier alpha value is -3.42. The minimum absolute atomic E-state index is 0.0336. The quantitative estimate of drug-likeness (QED) is 0.756. The molecule has 0 aliphatic heterocycles. The smallest absolute Gasteiger partial charge is 0.294 e. The highest BCUT2D eigenvalue weighted by Crippen LogP contribution is 2.19. The maximum Gasteiger partial charge on any atom is 0.294 e. The highest BCUT2D eigenvalue weighted by Gasteiger charge is 2.22. The van der Waals surface area contributed by atoms with E-state index in [1.165, 1.54) is 30.3 Å². The topological polar surface area (TPSA) is 99.4 Å². The van der Waals surface area contributed by atoms with Gasteiger partial charge in [0.05, 0.1) is 6.26 Å². The third-order valence-electron chi connectivity index (χ3n) is 3.53. The van der Waals surface area contributed by atoms with Crippen molar-refractivity contribution >= 4 is 5.91 Å². The Morgan fingerprint density at radius 2 is 2.04 bits per heavy atom. The summed E-state index contributed by atoms with van der Waals surface area (Å²) in [6.45, 7) is 0.156. The van der Waals surface area contributed by atoms with E-state index in [9.17, 15) is 19.1 Å². The number of carbonyl (C=O) groups is 1. The third kappa shape index (κ3) is 3.42. The van der Waals surface area contributed by atoms with Gasteiger partial charge < -0.3 is 19.4 Å². The van der Waals surface area contributed by atoms with Gasteiger partial charge >= 0.3 is 0 Å². The van der Waals surface area contributed by atoms with Crippen molar-refractivity contribution in [3.63, 3.8) is 0 Å². The number of aromatic hydroxyl groups is 1. The van der Waals surface area contributed by atoms with Crippen LogP contribution < -0.4 is 5.56 Å². The van der Waals surface area contributed by atoms with Gasteiger partial charge in [-0.1, -0.05) is 12.1 Å². The molecule has 25 heavy (non-hydrogen) atoms. The number of furan rings is 1. The molecule has 8 heteroatoms. The molecule has 2 heterocycles. The lowest BCUT2D eigenvalue weighted by Gasteiger charge is -2.17. The summed E-state index contributed by atoms with van der Waals surface area (Å²) in [6.07, 6.45) is 1.39. The van der Waals surface area contributed by atoms with Gasteiger partial charge in [-0.05, 0) is 29.8 Å². The first-order valence-electron chi connectivity index (χ1n) is 7.33. The maximum absolute atomic E-state index is 13.0. The number of hydrogen-bond acceptors (Lipinski definition) is 5. The number of amides is 1. The van der Waals surface area contributed by atoms with Gasteiger partial charge in [-0.15, -0.1) is 0 Å². The Bertz CT molecular complexity index is 949. The van der Waals surface area contributed by atoms with E-state index in [0.29, 0.717) is 5.56 Å². The van der Waals surface area contributed by atoms with Crippen LogP contribution >= 0.6 is 0 Å². The highest BCUT2D eigenvalue weighted by molar-refractivity contribution is 5.94. The molecule has 2 aromatic heterocycles. The second-order valence-corrected chi connectivity index (χ2v) is 5.38. The predicted molar refractivity (Wildman–Crippen MR) is 86.4 cm³/mol. The van der Waals surface area contributed by atoms with Crippen LogP contribution in [0.3, 0.4) is 0 Å². The van der Waals surface area contributed by atoms with Crippen molar-refractivity contribution in [1.82, 2.24) is 14.9 Å². The summed E-state index contributed by atoms with van der Waals surface area (Å²) in [6, 6.07) is 8.81. The van der Waals surface area contributed by atoms with Crippen LogP contribution in [0, 0.1) is 5.82 Å². The molecule has 2 N–H and O–H groups in total. The van der Waals surface area contributed by atoms with Crippen LogP contribution in [-0.2, 0) is 6.54 Å². The van der Waals surface area contributed by atoms with Crippen LogP contribution in [0.5, 0.6) is 5.75 Å². The summed E-state index contributed by atoms with van der Waals surface area (Å²) in [5, 5.41) is 9.91. The Labute approximate surface area is 141 Å². The van der Waals surface area contributed by atoms with Crippen molar-refractivity contribution in [1.29, 1.82) is 0 Å². The summed E-state index contributed by atoms with van der Waals surface area (Å²) >= 11 is 0. The lowest BCUT2D eigenvalue weighted by molar-refractivity contribution is 0.0775. The van der Waals surface area contributed by atoms with Gasteiger partial charge in [-0.3, -0.25) is 9.59 Å². The minimum Gasteiger partial charge on any atom is -0.501 e. The number of carbonyl (C=O) groups excluding carboxylic acids is 1. The second kappa shape index (κ2) is 6.60. The van der Waals surface area contributed by atoms with Crippen molar-refractivity contribution in [2.75, 3.05) is 7.05 Å². The zero-order valence-corrected chi connectivity index (χ0v) is 13.2. The Morgan fingerprint density at radius 1 is 1.32 bits per heavy atom. The molecule has 128 valence electrons. The molecule has 0 atom stereocenters. The Morgan fingerprint density at radius 3 is 2.68 bits per heavy atom. The first kappa shape index (κ1) is 16.4. The fourth-order valence-corrected chi connectivity index (χ4v) is 2.26. The van der Waals surface area contributed by atoms with Crippen LogP contribution in [0.1, 0.15) is 16.1 Å². The van der Waals surface area contributed by atoms with E-state index in [0.717, 1.165) is 0 Å². The number of aromatic amines is 1. The number of benzene rings is 1. The van der Waals surface area contributed by atoms with Gasteiger partial charge in [-0.2, -0.15) is 0 Å². The molecule has 0 bridgehead atoms. The number of nitrogens with zero attached hydrogens (tertiary/aromatic N) is 2. The van der Waals surface area contributed by atoms with E-state index < -0.39 is 17.2 Å². The van der Waals surface area contributed by atoms with Gasteiger partial charge in [0, 0.05) is 13.6 Å². The van der Waals surface area contributed by atoms with E-state index in [4.69, 9.17) is 4.42 Å². The summed E-state index contributed by atoms with van der Waals surface area (Å²) < 4.78 is 18.1. The molecule has 0 spiro atoms. The normalized spacial score (nSPS) is 10.6. The van der Waals surface area contributed by atoms with Crippen molar-refractivity contribution < 1.29 is 18.7 Å². The monoisotopic (exact) mass is 343 g/mol. The van der Waals surface area contributed by atoms with Gasteiger partial charge in [0.15, 0.2) is 17.3 Å². The molecule has 3 aromatic rings. The standard InChI is InChI=1S/C17H14FN3O4/c1-21(9-10-4-6-11(18)7-5-10)17(24)13-14(22)16(23)20-15(19-13)12-3-2-8-25-12/h2-8,22H,9H2,1H3,(H,19,20,23). The maximum atomic E-state index is 13.0. The average Bonchev–Trinajstić information content (AvgIpc) is 3.13. The molecular weight excluding hydrogens is 329 g/mol. The molecule has 0 saturated carbocycles. The number of halogens is 1. The number of hydrogen-bond donors (Lipinski definition) is 2. The third-order valence-corrected chi connectivity index (χ3v) is 3.53. The van der Waals surface area contributed by atoms with E-state index in [2.05, 4.69) is 9.97 Å². The molecule has 0 unspecified atom stereocenters. The molecule has 0 saturated heterocycles. The van der Waals surface area contributed by atoms with Gasteiger partial charge in [-0.25, -0.2) is 9.37 Å². The molecule has 1 amide bonds. The summed E-state index contributed by atoms with van der Waals surface area (Å²) in [4.78, 5) is 32.0. The number of H-pyrrole nitrogens is 1.